The molecule has 120 valence electrons. The quantitative estimate of drug-likeness (QED) is 0.514. The SMILES string of the molecule is Cc1cccc(C(C)(C)C)c1.Cc1cccc(C(C)(C)C)c1. The van der Waals surface area contributed by atoms with Crippen molar-refractivity contribution in [3.8, 4) is 0 Å². The minimum absolute atomic E-state index is 0.284. The predicted octanol–water partition coefficient (Wildman–Crippen LogP) is 6.59. The van der Waals surface area contributed by atoms with Crippen molar-refractivity contribution in [3.63, 3.8) is 0 Å². The maximum absolute atomic E-state index is 2.25. The van der Waals surface area contributed by atoms with E-state index in [0.717, 1.165) is 0 Å². The Bertz CT molecular complexity index is 536. The first kappa shape index (κ1) is 18.5. The lowest BCUT2D eigenvalue weighted by Gasteiger charge is -2.19. The van der Waals surface area contributed by atoms with Crippen molar-refractivity contribution in [1.29, 1.82) is 0 Å². The van der Waals surface area contributed by atoms with E-state index in [2.05, 4.69) is 104 Å². The maximum atomic E-state index is 2.25. The van der Waals surface area contributed by atoms with E-state index < -0.39 is 0 Å². The van der Waals surface area contributed by atoms with Crippen LogP contribution in [-0.2, 0) is 10.8 Å². The van der Waals surface area contributed by atoms with Crippen LogP contribution in [0.25, 0.3) is 0 Å². The fourth-order valence-corrected chi connectivity index (χ4v) is 2.22. The van der Waals surface area contributed by atoms with Crippen molar-refractivity contribution in [2.24, 2.45) is 0 Å². The molecule has 0 heterocycles. The van der Waals surface area contributed by atoms with Crippen molar-refractivity contribution >= 4 is 0 Å². The molecule has 0 saturated carbocycles. The van der Waals surface area contributed by atoms with E-state index in [0.29, 0.717) is 0 Å². The first-order valence-electron chi connectivity index (χ1n) is 8.14. The molecule has 0 bridgehead atoms. The zero-order chi connectivity index (χ0) is 17.0. The van der Waals surface area contributed by atoms with Gasteiger partial charge in [-0.25, -0.2) is 0 Å². The van der Waals surface area contributed by atoms with E-state index >= 15 is 0 Å². The second kappa shape index (κ2) is 7.13. The lowest BCUT2D eigenvalue weighted by molar-refractivity contribution is 0.589. The van der Waals surface area contributed by atoms with Gasteiger partial charge in [0.05, 0.1) is 0 Å². The van der Waals surface area contributed by atoms with Gasteiger partial charge in [0.1, 0.15) is 0 Å². The molecule has 2 rings (SSSR count). The van der Waals surface area contributed by atoms with Gasteiger partial charge in [0.15, 0.2) is 0 Å². The van der Waals surface area contributed by atoms with Crippen LogP contribution in [0, 0.1) is 13.8 Å². The normalized spacial score (nSPS) is 11.6. The summed E-state index contributed by atoms with van der Waals surface area (Å²) in [5.41, 5.74) is 6.09. The molecule has 0 fully saturated rings. The molecule has 0 aromatic heterocycles. The molecule has 0 aliphatic carbocycles. The van der Waals surface area contributed by atoms with E-state index in [1.54, 1.807) is 0 Å². The van der Waals surface area contributed by atoms with Gasteiger partial charge in [-0.15, -0.1) is 0 Å². The molecule has 22 heavy (non-hydrogen) atoms. The fourth-order valence-electron chi connectivity index (χ4n) is 2.22. The number of hydrogen-bond donors (Lipinski definition) is 0. The van der Waals surface area contributed by atoms with Gasteiger partial charge in [-0.2, -0.15) is 0 Å². The average molecular weight is 296 g/mol. The van der Waals surface area contributed by atoms with Crippen molar-refractivity contribution in [2.45, 2.75) is 66.2 Å². The lowest BCUT2D eigenvalue weighted by atomic mass is 9.86. The number of hydrogen-bond acceptors (Lipinski definition) is 0. The fraction of sp³-hybridized carbons (Fsp3) is 0.455. The molecule has 0 saturated heterocycles. The van der Waals surface area contributed by atoms with Crippen LogP contribution in [0.3, 0.4) is 0 Å². The van der Waals surface area contributed by atoms with Crippen LogP contribution in [0.1, 0.15) is 63.8 Å². The Labute approximate surface area is 137 Å². The van der Waals surface area contributed by atoms with E-state index in [9.17, 15) is 0 Å². The topological polar surface area (TPSA) is 0 Å². The summed E-state index contributed by atoms with van der Waals surface area (Å²) < 4.78 is 0. The third-order valence-corrected chi connectivity index (χ3v) is 3.77. The molecule has 0 heteroatoms. The summed E-state index contributed by atoms with van der Waals surface area (Å²) in [5.74, 6) is 0. The zero-order valence-corrected chi connectivity index (χ0v) is 15.6. The predicted molar refractivity (Wildman–Crippen MR) is 99.8 cm³/mol. The molecular formula is C22H32. The number of aryl methyl sites for hydroxylation is 2. The van der Waals surface area contributed by atoms with Crippen LogP contribution in [-0.4, -0.2) is 0 Å². The minimum atomic E-state index is 0.284. The Morgan fingerprint density at radius 2 is 0.864 bits per heavy atom. The first-order valence-corrected chi connectivity index (χ1v) is 8.14. The van der Waals surface area contributed by atoms with Crippen molar-refractivity contribution < 1.29 is 0 Å². The molecule has 0 N–H and O–H groups in total. The molecular weight excluding hydrogens is 264 g/mol. The third-order valence-electron chi connectivity index (χ3n) is 3.77. The molecule has 0 unspecified atom stereocenters. The van der Waals surface area contributed by atoms with Crippen molar-refractivity contribution in [1.82, 2.24) is 0 Å². The lowest BCUT2D eigenvalue weighted by Crippen LogP contribution is -2.10. The van der Waals surface area contributed by atoms with E-state index in [-0.39, 0.29) is 10.8 Å². The summed E-state index contributed by atoms with van der Waals surface area (Å²) in [7, 11) is 0. The summed E-state index contributed by atoms with van der Waals surface area (Å²) in [6.45, 7) is 17.7. The molecule has 0 aliphatic heterocycles. The highest BCUT2D eigenvalue weighted by atomic mass is 14.2. The molecule has 0 amide bonds. The molecule has 2 aromatic rings. The van der Waals surface area contributed by atoms with Gasteiger partial charge in [-0.1, -0.05) is 101 Å². The Balaban J connectivity index is 0.000000220. The van der Waals surface area contributed by atoms with Crippen LogP contribution >= 0.6 is 0 Å². The van der Waals surface area contributed by atoms with E-state index in [1.165, 1.54) is 22.3 Å². The highest BCUT2D eigenvalue weighted by molar-refractivity contribution is 5.28. The van der Waals surface area contributed by atoms with Gasteiger partial charge in [-0.3, -0.25) is 0 Å². The van der Waals surface area contributed by atoms with Gasteiger partial charge in [0, 0.05) is 0 Å². The summed E-state index contributed by atoms with van der Waals surface area (Å²) in [6.07, 6.45) is 0. The average Bonchev–Trinajstić information content (AvgIpc) is 2.37. The summed E-state index contributed by atoms with van der Waals surface area (Å²) in [4.78, 5) is 0. The highest BCUT2D eigenvalue weighted by Gasteiger charge is 2.13. The zero-order valence-electron chi connectivity index (χ0n) is 15.6. The van der Waals surface area contributed by atoms with Crippen LogP contribution in [0.4, 0.5) is 0 Å². The van der Waals surface area contributed by atoms with Gasteiger partial charge < -0.3 is 0 Å². The molecule has 0 atom stereocenters. The van der Waals surface area contributed by atoms with Crippen LogP contribution < -0.4 is 0 Å². The maximum Gasteiger partial charge on any atom is -0.0132 e. The first-order chi connectivity index (χ1) is 10.00. The van der Waals surface area contributed by atoms with Gasteiger partial charge in [0.2, 0.25) is 0 Å². The summed E-state index contributed by atoms with van der Waals surface area (Å²) in [6, 6.07) is 17.4. The van der Waals surface area contributed by atoms with E-state index in [1.807, 2.05) is 0 Å². The molecule has 0 aliphatic rings. The van der Waals surface area contributed by atoms with Crippen LogP contribution in [0.2, 0.25) is 0 Å². The van der Waals surface area contributed by atoms with Gasteiger partial charge in [-0.05, 0) is 35.8 Å². The molecule has 0 spiro atoms. The van der Waals surface area contributed by atoms with Gasteiger partial charge in [0.25, 0.3) is 0 Å². The van der Waals surface area contributed by atoms with Crippen molar-refractivity contribution in [3.05, 3.63) is 70.8 Å². The Morgan fingerprint density at radius 3 is 1.05 bits per heavy atom. The standard InChI is InChI=1S/2C11H16/c2*1-9-6-5-7-10(8-9)11(2,3)4/h2*5-8H,1-4H3. The third kappa shape index (κ3) is 6.05. The van der Waals surface area contributed by atoms with Crippen molar-refractivity contribution in [2.75, 3.05) is 0 Å². The van der Waals surface area contributed by atoms with Crippen LogP contribution in [0.15, 0.2) is 48.5 Å². The van der Waals surface area contributed by atoms with Crippen LogP contribution in [0.5, 0.6) is 0 Å². The second-order valence-corrected chi connectivity index (χ2v) is 8.24. The monoisotopic (exact) mass is 296 g/mol. The molecule has 0 nitrogen and oxygen atoms in total. The number of benzene rings is 2. The smallest absolute Gasteiger partial charge is 0.0132 e. The Kier molecular flexibility index (Phi) is 6.00. The molecule has 0 radical (unpaired) electrons. The molecule has 2 aromatic carbocycles. The highest BCUT2D eigenvalue weighted by Crippen LogP contribution is 2.23. The van der Waals surface area contributed by atoms with E-state index in [4.69, 9.17) is 0 Å². The Hall–Kier alpha value is -1.56. The summed E-state index contributed by atoms with van der Waals surface area (Å²) >= 11 is 0. The minimum Gasteiger partial charge on any atom is -0.0617 e. The largest absolute Gasteiger partial charge is 0.0617 e. The number of rotatable bonds is 0. The second-order valence-electron chi connectivity index (χ2n) is 8.24. The summed E-state index contributed by atoms with van der Waals surface area (Å²) in [5, 5.41) is 0. The Morgan fingerprint density at radius 1 is 0.545 bits per heavy atom. The van der Waals surface area contributed by atoms with Gasteiger partial charge >= 0.3 is 0 Å².